The highest BCUT2D eigenvalue weighted by Crippen LogP contribution is 2.27. The second-order valence-corrected chi connectivity index (χ2v) is 9.11. The second kappa shape index (κ2) is 11.2. The fourth-order valence-electron chi connectivity index (χ4n) is 4.45. The van der Waals surface area contributed by atoms with Gasteiger partial charge in [0.1, 0.15) is 17.7 Å². The molecule has 3 aromatic carbocycles. The summed E-state index contributed by atoms with van der Waals surface area (Å²) in [6.45, 7) is 7.28. The largest absolute Gasteiger partial charge is 0.384 e. The third-order valence-corrected chi connectivity index (χ3v) is 6.43. The molecule has 0 spiro atoms. The normalized spacial score (nSPS) is 17.1. The zero-order valence-electron chi connectivity index (χ0n) is 19.5. The highest BCUT2D eigenvalue weighted by molar-refractivity contribution is 5.30. The van der Waals surface area contributed by atoms with Crippen LogP contribution in [-0.2, 0) is 10.3 Å². The molecule has 4 rings (SSSR count). The summed E-state index contributed by atoms with van der Waals surface area (Å²) in [5.74, 6) is -0.601. The lowest BCUT2D eigenvalue weighted by Gasteiger charge is -2.38. The number of rotatable bonds is 9. The van der Waals surface area contributed by atoms with Crippen LogP contribution in [0.4, 0.5) is 8.78 Å². The summed E-state index contributed by atoms with van der Waals surface area (Å²) in [7, 11) is 0. The minimum atomic E-state index is -0.885. The molecule has 0 amide bonds. The zero-order chi connectivity index (χ0) is 24.0. The molecule has 0 unspecified atom stereocenters. The Morgan fingerprint density at radius 1 is 0.794 bits per heavy atom. The van der Waals surface area contributed by atoms with E-state index >= 15 is 0 Å². The highest BCUT2D eigenvalue weighted by Gasteiger charge is 2.28. The third-order valence-electron chi connectivity index (χ3n) is 6.43. The smallest absolute Gasteiger partial charge is 0.123 e. The summed E-state index contributed by atoms with van der Waals surface area (Å²) in [4.78, 5) is 4.64. The van der Waals surface area contributed by atoms with Crippen molar-refractivity contribution >= 4 is 0 Å². The molecule has 0 aliphatic carbocycles. The standard InChI is InChI=1S/C28H32F2N2O2/c1-28(33,24-5-3-2-4-6-24)21-32-17-15-31(16-18-32)19-20-34-27(22-7-11-25(29)12-8-22)23-9-13-26(30)14-10-23/h2-14,27,33H,15-21H2,1H3/t28-/m0/s1. The Balaban J connectivity index is 1.29. The van der Waals surface area contributed by atoms with Gasteiger partial charge in [-0.15, -0.1) is 0 Å². The summed E-state index contributed by atoms with van der Waals surface area (Å²) in [5, 5.41) is 10.9. The van der Waals surface area contributed by atoms with Gasteiger partial charge in [0.2, 0.25) is 0 Å². The molecule has 0 aromatic heterocycles. The molecule has 180 valence electrons. The predicted molar refractivity (Wildman–Crippen MR) is 129 cm³/mol. The lowest BCUT2D eigenvalue weighted by molar-refractivity contribution is -0.00556. The monoisotopic (exact) mass is 466 g/mol. The van der Waals surface area contributed by atoms with Crippen LogP contribution in [0, 0.1) is 11.6 Å². The lowest BCUT2D eigenvalue weighted by Crippen LogP contribution is -2.50. The van der Waals surface area contributed by atoms with Crippen LogP contribution in [0.1, 0.15) is 29.7 Å². The van der Waals surface area contributed by atoms with Crippen molar-refractivity contribution in [3.8, 4) is 0 Å². The molecule has 1 aliphatic rings. The molecule has 1 atom stereocenters. The number of piperazine rings is 1. The van der Waals surface area contributed by atoms with Gasteiger partial charge in [-0.1, -0.05) is 54.6 Å². The molecule has 0 radical (unpaired) electrons. The quantitative estimate of drug-likeness (QED) is 0.500. The van der Waals surface area contributed by atoms with Gasteiger partial charge in [-0.25, -0.2) is 8.78 Å². The van der Waals surface area contributed by atoms with E-state index in [4.69, 9.17) is 4.74 Å². The molecule has 1 heterocycles. The molecular formula is C28H32F2N2O2. The molecule has 0 saturated carbocycles. The van der Waals surface area contributed by atoms with E-state index < -0.39 is 5.60 Å². The van der Waals surface area contributed by atoms with Crippen molar-refractivity contribution in [2.24, 2.45) is 0 Å². The van der Waals surface area contributed by atoms with E-state index in [0.29, 0.717) is 13.2 Å². The van der Waals surface area contributed by atoms with Crippen molar-refractivity contribution in [2.45, 2.75) is 18.6 Å². The van der Waals surface area contributed by atoms with E-state index in [1.54, 1.807) is 24.3 Å². The first-order valence-corrected chi connectivity index (χ1v) is 11.8. The Kier molecular flexibility index (Phi) is 8.06. The molecule has 34 heavy (non-hydrogen) atoms. The number of hydrogen-bond donors (Lipinski definition) is 1. The lowest BCUT2D eigenvalue weighted by atomic mass is 9.95. The number of aliphatic hydroxyl groups is 1. The fourth-order valence-corrected chi connectivity index (χ4v) is 4.45. The van der Waals surface area contributed by atoms with Crippen LogP contribution in [-0.4, -0.2) is 60.8 Å². The van der Waals surface area contributed by atoms with Crippen molar-refractivity contribution in [3.63, 3.8) is 0 Å². The summed E-state index contributed by atoms with van der Waals surface area (Å²) in [6.07, 6.45) is -0.386. The maximum absolute atomic E-state index is 13.4. The minimum absolute atomic E-state index is 0.300. The van der Waals surface area contributed by atoms with Crippen LogP contribution in [0.2, 0.25) is 0 Å². The van der Waals surface area contributed by atoms with Gasteiger partial charge in [-0.2, -0.15) is 0 Å². The van der Waals surface area contributed by atoms with Crippen LogP contribution in [0.25, 0.3) is 0 Å². The summed E-state index contributed by atoms with van der Waals surface area (Å²) in [5.41, 5.74) is 1.71. The maximum Gasteiger partial charge on any atom is 0.123 e. The topological polar surface area (TPSA) is 35.9 Å². The summed E-state index contributed by atoms with van der Waals surface area (Å²) in [6, 6.07) is 22.3. The van der Waals surface area contributed by atoms with Crippen LogP contribution in [0.5, 0.6) is 0 Å². The second-order valence-electron chi connectivity index (χ2n) is 9.11. The van der Waals surface area contributed by atoms with E-state index in [9.17, 15) is 13.9 Å². The average Bonchev–Trinajstić information content (AvgIpc) is 2.85. The van der Waals surface area contributed by atoms with Crippen LogP contribution in [0.3, 0.4) is 0 Å². The van der Waals surface area contributed by atoms with E-state index in [1.165, 1.54) is 24.3 Å². The Labute approximate surface area is 200 Å². The van der Waals surface area contributed by atoms with Crippen molar-refractivity contribution < 1.29 is 18.6 Å². The molecule has 3 aromatic rings. The summed E-state index contributed by atoms with van der Waals surface area (Å²) >= 11 is 0. The van der Waals surface area contributed by atoms with Gasteiger partial charge in [0.05, 0.1) is 12.2 Å². The van der Waals surface area contributed by atoms with Crippen LogP contribution in [0.15, 0.2) is 78.9 Å². The number of halogens is 2. The SMILES string of the molecule is C[C@](O)(CN1CCN(CCOC(c2ccc(F)cc2)c2ccc(F)cc2)CC1)c1ccccc1. The third kappa shape index (κ3) is 6.48. The summed E-state index contributed by atoms with van der Waals surface area (Å²) < 4.78 is 33.1. The number of hydrogen-bond acceptors (Lipinski definition) is 4. The van der Waals surface area contributed by atoms with Gasteiger partial charge >= 0.3 is 0 Å². The molecule has 4 nitrogen and oxygen atoms in total. The molecule has 6 heteroatoms. The molecule has 1 N–H and O–H groups in total. The Hall–Kier alpha value is -2.64. The fraction of sp³-hybridized carbons (Fsp3) is 0.357. The maximum atomic E-state index is 13.4. The first-order valence-electron chi connectivity index (χ1n) is 11.8. The Morgan fingerprint density at radius 2 is 1.29 bits per heavy atom. The number of ether oxygens (including phenoxy) is 1. The number of β-amino-alcohol motifs (C(OH)–C–C–N with tert-alkyl or cyclic N) is 1. The zero-order valence-corrected chi connectivity index (χ0v) is 19.5. The minimum Gasteiger partial charge on any atom is -0.384 e. The first kappa shape index (κ1) is 24.5. The van der Waals surface area contributed by atoms with Crippen molar-refractivity contribution in [2.75, 3.05) is 45.9 Å². The van der Waals surface area contributed by atoms with Crippen LogP contribution < -0.4 is 0 Å². The molecule has 0 bridgehead atoms. The molecule has 1 fully saturated rings. The predicted octanol–water partition coefficient (Wildman–Crippen LogP) is 4.60. The van der Waals surface area contributed by atoms with Gasteiger partial charge in [-0.05, 0) is 47.9 Å². The van der Waals surface area contributed by atoms with Crippen molar-refractivity contribution in [1.82, 2.24) is 9.80 Å². The first-order chi connectivity index (χ1) is 16.4. The Morgan fingerprint density at radius 3 is 1.82 bits per heavy atom. The van der Waals surface area contributed by atoms with Gasteiger partial charge < -0.3 is 9.84 Å². The number of benzene rings is 3. The molecule has 1 aliphatic heterocycles. The van der Waals surface area contributed by atoms with Gasteiger partial charge in [0, 0.05) is 39.3 Å². The van der Waals surface area contributed by atoms with Gasteiger partial charge in [-0.3, -0.25) is 9.80 Å². The van der Waals surface area contributed by atoms with E-state index in [-0.39, 0.29) is 17.7 Å². The molecule has 1 saturated heterocycles. The Bertz CT molecular complexity index is 973. The molecular weight excluding hydrogens is 434 g/mol. The van der Waals surface area contributed by atoms with Gasteiger partial charge in [0.25, 0.3) is 0 Å². The van der Waals surface area contributed by atoms with E-state index in [1.807, 2.05) is 37.3 Å². The van der Waals surface area contributed by atoms with Crippen molar-refractivity contribution in [3.05, 3.63) is 107 Å². The van der Waals surface area contributed by atoms with E-state index in [2.05, 4.69) is 9.80 Å². The van der Waals surface area contributed by atoms with E-state index in [0.717, 1.165) is 49.4 Å². The van der Waals surface area contributed by atoms with Crippen molar-refractivity contribution in [1.29, 1.82) is 0 Å². The van der Waals surface area contributed by atoms with Crippen LogP contribution >= 0.6 is 0 Å². The number of nitrogens with zero attached hydrogens (tertiary/aromatic N) is 2. The highest BCUT2D eigenvalue weighted by atomic mass is 19.1. The average molecular weight is 467 g/mol. The van der Waals surface area contributed by atoms with Gasteiger partial charge in [0.15, 0.2) is 0 Å².